The number of ether oxygens (including phenoxy) is 2. The second kappa shape index (κ2) is 9.11. The van der Waals surface area contributed by atoms with Crippen molar-refractivity contribution in [1.82, 2.24) is 0 Å². The summed E-state index contributed by atoms with van der Waals surface area (Å²) in [6.45, 7) is 11.8. The van der Waals surface area contributed by atoms with E-state index in [4.69, 9.17) is 16.0 Å². The van der Waals surface area contributed by atoms with E-state index in [1.807, 2.05) is 19.1 Å². The lowest BCUT2D eigenvalue weighted by Crippen LogP contribution is -2.07. The van der Waals surface area contributed by atoms with Gasteiger partial charge in [0.05, 0.1) is 34.6 Å². The van der Waals surface area contributed by atoms with Gasteiger partial charge in [0.25, 0.3) is 0 Å². The van der Waals surface area contributed by atoms with Crippen LogP contribution >= 0.6 is 47.0 Å². The van der Waals surface area contributed by atoms with Crippen LogP contribution in [0.3, 0.4) is 0 Å². The summed E-state index contributed by atoms with van der Waals surface area (Å²) in [5, 5.41) is 18.5. The number of rotatable bonds is 3. The maximum absolute atomic E-state index is 11.8. The number of allylic oxidation sites excluding steroid dienone is 2. The van der Waals surface area contributed by atoms with Gasteiger partial charge >= 0.3 is 11.9 Å². The van der Waals surface area contributed by atoms with Crippen LogP contribution in [0, 0.1) is 29.2 Å². The number of hydrogen-bond donors (Lipinski definition) is 0. The molecule has 7 nitrogen and oxygen atoms in total. The average Bonchev–Trinajstić information content (AvgIpc) is 3.31. The smallest absolute Gasteiger partial charge is 0.308 e. The van der Waals surface area contributed by atoms with E-state index in [0.717, 1.165) is 27.8 Å². The summed E-state index contributed by atoms with van der Waals surface area (Å²) in [6.07, 6.45) is 0.530. The van der Waals surface area contributed by atoms with Crippen LogP contribution in [0.5, 0.6) is 11.5 Å². The summed E-state index contributed by atoms with van der Waals surface area (Å²) in [5.74, 6) is -0.516. The minimum atomic E-state index is -0.535. The summed E-state index contributed by atoms with van der Waals surface area (Å²) in [5.41, 5.74) is 0.479. The molecule has 0 amide bonds. The number of esters is 2. The molecule has 2 aliphatic heterocycles. The molecule has 0 saturated heterocycles. The van der Waals surface area contributed by atoms with Gasteiger partial charge in [0.1, 0.15) is 17.7 Å². The molecule has 0 unspecified atom stereocenters. The third-order valence-corrected chi connectivity index (χ3v) is 8.90. The molecule has 0 aromatic heterocycles. The highest BCUT2D eigenvalue weighted by atomic mass is 32.2. The average molecular weight is 474 g/mol. The third-order valence-electron chi connectivity index (χ3n) is 3.64. The minimum Gasteiger partial charge on any atom is -0.424 e. The molecule has 11 heteroatoms. The number of nitrogens with zero attached hydrogens (tertiary/aromatic N) is 3. The largest absolute Gasteiger partial charge is 0.424 e. The van der Waals surface area contributed by atoms with E-state index in [1.165, 1.54) is 37.4 Å². The highest BCUT2D eigenvalue weighted by Gasteiger charge is 2.39. The fraction of sp³-hybridized carbons (Fsp3) is 0.211. The quantitative estimate of drug-likeness (QED) is 0.235. The molecule has 0 spiro atoms. The number of carbonyl (C=O) groups excluding carboxylic acids is 2. The molecule has 1 aromatic carbocycles. The van der Waals surface area contributed by atoms with Gasteiger partial charge in [0, 0.05) is 13.8 Å². The summed E-state index contributed by atoms with van der Waals surface area (Å²) >= 11 is 4.80. The Kier molecular flexibility index (Phi) is 6.74. The van der Waals surface area contributed by atoms with Gasteiger partial charge < -0.3 is 9.47 Å². The molecule has 0 radical (unpaired) electrons. The van der Waals surface area contributed by atoms with Crippen LogP contribution in [0.15, 0.2) is 39.3 Å². The molecule has 1 aromatic rings. The first kappa shape index (κ1) is 22.2. The topological polar surface area (TPSA) is 105 Å². The van der Waals surface area contributed by atoms with Gasteiger partial charge in [0.2, 0.25) is 0 Å². The summed E-state index contributed by atoms with van der Waals surface area (Å²) in [6, 6.07) is 3.71. The Balaban J connectivity index is 2.31. The van der Waals surface area contributed by atoms with E-state index in [1.54, 1.807) is 0 Å². The molecule has 0 N–H and O–H groups in total. The first-order chi connectivity index (χ1) is 14.3. The first-order valence-electron chi connectivity index (χ1n) is 8.31. The van der Waals surface area contributed by atoms with Crippen molar-refractivity contribution in [3.8, 4) is 23.6 Å². The van der Waals surface area contributed by atoms with Gasteiger partial charge in [-0.3, -0.25) is 9.59 Å². The van der Waals surface area contributed by atoms with Crippen molar-refractivity contribution in [2.75, 3.05) is 0 Å². The Labute approximate surface area is 189 Å². The molecule has 2 aliphatic rings. The molecule has 0 aliphatic carbocycles. The molecular weight excluding hydrogens is 462 g/mol. The van der Waals surface area contributed by atoms with Crippen molar-refractivity contribution in [1.29, 1.82) is 10.5 Å². The predicted molar refractivity (Wildman–Crippen MR) is 115 cm³/mol. The van der Waals surface area contributed by atoms with E-state index in [-0.39, 0.29) is 17.1 Å². The number of nitriles is 2. The second-order valence-electron chi connectivity index (χ2n) is 5.66. The predicted octanol–water partition coefficient (Wildman–Crippen LogP) is 5.69. The molecule has 0 atom stereocenters. The van der Waals surface area contributed by atoms with Crippen LogP contribution in [0.25, 0.3) is 4.85 Å². The van der Waals surface area contributed by atoms with Crippen molar-refractivity contribution < 1.29 is 19.1 Å². The van der Waals surface area contributed by atoms with Crippen LogP contribution in [-0.2, 0) is 9.59 Å². The molecule has 3 rings (SSSR count). The minimum absolute atomic E-state index is 0.0777. The van der Waals surface area contributed by atoms with Crippen molar-refractivity contribution in [3.63, 3.8) is 0 Å². The van der Waals surface area contributed by atoms with Crippen LogP contribution in [0.2, 0.25) is 0 Å². The fourth-order valence-electron chi connectivity index (χ4n) is 2.48. The Bertz CT molecular complexity index is 1110. The Hall–Kier alpha value is -2.49. The van der Waals surface area contributed by atoms with Gasteiger partial charge in [-0.05, 0) is 6.42 Å². The van der Waals surface area contributed by atoms with E-state index >= 15 is 0 Å². The van der Waals surface area contributed by atoms with Crippen molar-refractivity contribution in [2.45, 2.75) is 46.8 Å². The maximum Gasteiger partial charge on any atom is 0.308 e. The Morgan fingerprint density at radius 1 is 0.900 bits per heavy atom. The normalized spacial score (nSPS) is 13.5. The lowest BCUT2D eigenvalue weighted by atomic mass is 10.3. The van der Waals surface area contributed by atoms with Crippen LogP contribution in [-0.4, -0.2) is 11.9 Å². The van der Waals surface area contributed by atoms with Gasteiger partial charge in [-0.15, -0.1) is 0 Å². The van der Waals surface area contributed by atoms with Crippen molar-refractivity contribution in [2.24, 2.45) is 0 Å². The number of benzene rings is 1. The Morgan fingerprint density at radius 3 is 1.60 bits per heavy atom. The molecule has 0 bridgehead atoms. The summed E-state index contributed by atoms with van der Waals surface area (Å²) in [4.78, 5) is 29.3. The van der Waals surface area contributed by atoms with E-state index in [2.05, 4.69) is 4.85 Å². The highest BCUT2D eigenvalue weighted by molar-refractivity contribution is 8.25. The number of hydrogen-bond acceptors (Lipinski definition) is 10. The van der Waals surface area contributed by atoms with E-state index in [0.29, 0.717) is 35.9 Å². The van der Waals surface area contributed by atoms with Gasteiger partial charge in [0.15, 0.2) is 17.2 Å². The standard InChI is InChI=1S/C19H11N3O4S4/c1-5-11(22-4)19-29-16-12(25-8(2)23)14-15(13(17(16)30-19)26-9(3)24)28-18(27-14)10(6-20)7-21/h5H2,1-3H3. The van der Waals surface area contributed by atoms with Gasteiger partial charge in [-0.2, -0.15) is 10.5 Å². The van der Waals surface area contributed by atoms with Crippen LogP contribution < -0.4 is 9.47 Å². The monoisotopic (exact) mass is 473 g/mol. The van der Waals surface area contributed by atoms with Gasteiger partial charge in [-0.1, -0.05) is 54.0 Å². The second-order valence-corrected chi connectivity index (χ2v) is 10.3. The molecule has 0 saturated carbocycles. The SMILES string of the molecule is [C-]#[N+]C(CC)=C1Sc2c(OC(C)=O)c3c(c(OC(C)=O)c2S1)SC(=C(C#N)C#N)S3. The maximum atomic E-state index is 11.8. The molecular formula is C19H11N3O4S4. The van der Waals surface area contributed by atoms with E-state index in [9.17, 15) is 20.1 Å². The summed E-state index contributed by atoms with van der Waals surface area (Å²) in [7, 11) is 0. The number of thioether (sulfide) groups is 4. The lowest BCUT2D eigenvalue weighted by Gasteiger charge is -2.15. The zero-order chi connectivity index (χ0) is 22.0. The highest BCUT2D eigenvalue weighted by Crippen LogP contribution is 2.68. The van der Waals surface area contributed by atoms with Gasteiger partial charge in [-0.25, -0.2) is 4.85 Å². The van der Waals surface area contributed by atoms with E-state index < -0.39 is 11.9 Å². The Morgan fingerprint density at radius 2 is 1.30 bits per heavy atom. The molecule has 30 heavy (non-hydrogen) atoms. The van der Waals surface area contributed by atoms with Crippen LogP contribution in [0.1, 0.15) is 27.2 Å². The summed E-state index contributed by atoms with van der Waals surface area (Å²) < 4.78 is 12.2. The fourth-order valence-corrected chi connectivity index (χ4v) is 7.87. The third kappa shape index (κ3) is 4.05. The van der Waals surface area contributed by atoms with Crippen molar-refractivity contribution in [3.05, 3.63) is 31.2 Å². The zero-order valence-electron chi connectivity index (χ0n) is 15.8. The lowest BCUT2D eigenvalue weighted by molar-refractivity contribution is -0.133. The number of carbonyl (C=O) groups is 2. The van der Waals surface area contributed by atoms with Crippen molar-refractivity contribution >= 4 is 59.0 Å². The molecule has 150 valence electrons. The zero-order valence-corrected chi connectivity index (χ0v) is 19.1. The van der Waals surface area contributed by atoms with Crippen LogP contribution in [0.4, 0.5) is 0 Å². The number of fused-ring (bicyclic) bond motifs is 2. The molecule has 2 heterocycles. The molecule has 0 fully saturated rings. The first-order valence-corrected chi connectivity index (χ1v) is 11.6.